The van der Waals surface area contributed by atoms with Crippen molar-refractivity contribution in [2.24, 2.45) is 0 Å². The molecule has 0 aliphatic heterocycles. The van der Waals surface area contributed by atoms with E-state index >= 15 is 0 Å². The normalized spacial score (nSPS) is 11.6. The van der Waals surface area contributed by atoms with Crippen LogP contribution < -0.4 is 0 Å². The second-order valence-electron chi connectivity index (χ2n) is 11.2. The summed E-state index contributed by atoms with van der Waals surface area (Å²) in [4.78, 5) is 0. The molecule has 33 heavy (non-hydrogen) atoms. The summed E-state index contributed by atoms with van der Waals surface area (Å²) in [6.45, 7) is 11.2. The Balaban J connectivity index is 0. The van der Waals surface area contributed by atoms with Crippen LogP contribution in [-0.2, 0) is 0 Å². The van der Waals surface area contributed by atoms with E-state index in [1.165, 1.54) is 178 Å². The highest BCUT2D eigenvalue weighted by atomic mass is 16.0. The van der Waals surface area contributed by atoms with E-state index < -0.39 is 0 Å². The Morgan fingerprint density at radius 3 is 0.697 bits per heavy atom. The second-order valence-corrected chi connectivity index (χ2v) is 11.2. The molecule has 0 aliphatic rings. The predicted octanol–water partition coefficient (Wildman–Crippen LogP) is 10.7. The maximum atomic E-state index is 2.59. The zero-order chi connectivity index (χ0) is 23.6. The quantitative estimate of drug-likeness (QED) is 0.0868. The van der Waals surface area contributed by atoms with Gasteiger partial charge in [-0.25, -0.2) is 0 Å². The standard InChI is InChI=1S/C31H66N.H2O/c1-5-8-11-14-17-20-23-26-29-32(4,30-27-24-21-18-15-12-9-6-2)31-28-25-22-19-16-13-10-7-3;/h5-31H2,1-4H3;1H2/q+1;/p-1. The molecule has 2 heteroatoms. The first-order valence-corrected chi connectivity index (χ1v) is 15.5. The lowest BCUT2D eigenvalue weighted by atomic mass is 10.1. The molecular formula is C31H67NO. The molecule has 0 rings (SSSR count). The Hall–Kier alpha value is -0.0800. The van der Waals surface area contributed by atoms with Crippen LogP contribution in [0.25, 0.3) is 0 Å². The van der Waals surface area contributed by atoms with Gasteiger partial charge in [-0.15, -0.1) is 0 Å². The van der Waals surface area contributed by atoms with Crippen LogP contribution in [0.3, 0.4) is 0 Å². The summed E-state index contributed by atoms with van der Waals surface area (Å²) in [5.74, 6) is 0. The molecule has 0 bridgehead atoms. The van der Waals surface area contributed by atoms with Crippen molar-refractivity contribution in [3.63, 3.8) is 0 Å². The first-order chi connectivity index (χ1) is 15.7. The lowest BCUT2D eigenvalue weighted by Gasteiger charge is -2.35. The van der Waals surface area contributed by atoms with Gasteiger partial charge in [0.15, 0.2) is 0 Å². The minimum Gasteiger partial charge on any atom is -0.870 e. The Labute approximate surface area is 211 Å². The topological polar surface area (TPSA) is 30.0 Å². The van der Waals surface area contributed by atoms with Crippen LogP contribution in [0.1, 0.15) is 175 Å². The third-order valence-electron chi connectivity index (χ3n) is 7.65. The third-order valence-corrected chi connectivity index (χ3v) is 7.65. The van der Waals surface area contributed by atoms with Crippen molar-refractivity contribution in [3.05, 3.63) is 0 Å². The van der Waals surface area contributed by atoms with E-state index in [0.29, 0.717) is 0 Å². The largest absolute Gasteiger partial charge is 0.870 e. The van der Waals surface area contributed by atoms with E-state index in [-0.39, 0.29) is 5.48 Å². The molecule has 0 radical (unpaired) electrons. The molecule has 0 aromatic carbocycles. The molecule has 0 spiro atoms. The van der Waals surface area contributed by atoms with Crippen LogP contribution in [0.15, 0.2) is 0 Å². The van der Waals surface area contributed by atoms with Crippen LogP contribution in [0, 0.1) is 0 Å². The third kappa shape index (κ3) is 26.4. The summed E-state index contributed by atoms with van der Waals surface area (Å²) in [6, 6.07) is 0. The zero-order valence-electron chi connectivity index (χ0n) is 24.0. The van der Waals surface area contributed by atoms with E-state index in [1.54, 1.807) is 0 Å². The van der Waals surface area contributed by atoms with Crippen LogP contribution in [0.2, 0.25) is 0 Å². The molecule has 2 nitrogen and oxygen atoms in total. The summed E-state index contributed by atoms with van der Waals surface area (Å²) in [5.41, 5.74) is 0. The predicted molar refractivity (Wildman–Crippen MR) is 151 cm³/mol. The number of hydrogen-bond acceptors (Lipinski definition) is 1. The van der Waals surface area contributed by atoms with Crippen molar-refractivity contribution >= 4 is 0 Å². The number of hydrogen-bond donors (Lipinski definition) is 0. The molecule has 1 N–H and O–H groups in total. The molecule has 0 saturated heterocycles. The van der Waals surface area contributed by atoms with Crippen molar-refractivity contribution in [2.75, 3.05) is 26.7 Å². The number of quaternary nitrogens is 1. The molecule has 0 aliphatic carbocycles. The molecule has 202 valence electrons. The van der Waals surface area contributed by atoms with Gasteiger partial charge in [-0.05, 0) is 38.5 Å². The fourth-order valence-electron chi connectivity index (χ4n) is 5.22. The monoisotopic (exact) mass is 470 g/mol. The fourth-order valence-corrected chi connectivity index (χ4v) is 5.22. The van der Waals surface area contributed by atoms with Gasteiger partial charge >= 0.3 is 0 Å². The van der Waals surface area contributed by atoms with E-state index in [1.807, 2.05) is 0 Å². The zero-order valence-corrected chi connectivity index (χ0v) is 24.0. The van der Waals surface area contributed by atoms with E-state index in [0.717, 1.165) is 0 Å². The lowest BCUT2D eigenvalue weighted by molar-refractivity contribution is -0.910. The van der Waals surface area contributed by atoms with Gasteiger partial charge in [0.1, 0.15) is 0 Å². The highest BCUT2D eigenvalue weighted by Crippen LogP contribution is 2.17. The van der Waals surface area contributed by atoms with Gasteiger partial charge < -0.3 is 9.96 Å². The van der Waals surface area contributed by atoms with Gasteiger partial charge in [-0.2, -0.15) is 0 Å². The Bertz CT molecular complexity index is 294. The summed E-state index contributed by atoms with van der Waals surface area (Å²) >= 11 is 0. The maximum Gasteiger partial charge on any atom is 0.0784 e. The number of rotatable bonds is 27. The number of unbranched alkanes of at least 4 members (excludes halogenated alkanes) is 21. The molecular weight excluding hydrogens is 402 g/mol. The van der Waals surface area contributed by atoms with Crippen molar-refractivity contribution in [3.8, 4) is 0 Å². The van der Waals surface area contributed by atoms with Crippen molar-refractivity contribution in [1.82, 2.24) is 0 Å². The van der Waals surface area contributed by atoms with Crippen molar-refractivity contribution < 1.29 is 9.96 Å². The van der Waals surface area contributed by atoms with E-state index in [9.17, 15) is 0 Å². The van der Waals surface area contributed by atoms with Gasteiger partial charge in [0.25, 0.3) is 0 Å². The van der Waals surface area contributed by atoms with Gasteiger partial charge in [0.2, 0.25) is 0 Å². The average molecular weight is 470 g/mol. The molecule has 0 unspecified atom stereocenters. The highest BCUT2D eigenvalue weighted by Gasteiger charge is 2.20. The van der Waals surface area contributed by atoms with Gasteiger partial charge in [0, 0.05) is 0 Å². The molecule has 0 heterocycles. The summed E-state index contributed by atoms with van der Waals surface area (Å²) in [5, 5.41) is 0. The van der Waals surface area contributed by atoms with Crippen LogP contribution in [0.4, 0.5) is 0 Å². The fraction of sp³-hybridized carbons (Fsp3) is 1.00. The first-order valence-electron chi connectivity index (χ1n) is 15.5. The summed E-state index contributed by atoms with van der Waals surface area (Å²) in [6.07, 6.45) is 34.8. The second kappa shape index (κ2) is 28.2. The Morgan fingerprint density at radius 1 is 0.303 bits per heavy atom. The van der Waals surface area contributed by atoms with E-state index in [2.05, 4.69) is 27.8 Å². The van der Waals surface area contributed by atoms with E-state index in [4.69, 9.17) is 0 Å². The molecule has 0 aromatic rings. The Morgan fingerprint density at radius 2 is 0.485 bits per heavy atom. The minimum atomic E-state index is 0. The molecule has 0 atom stereocenters. The number of nitrogens with zero attached hydrogens (tertiary/aromatic N) is 1. The molecule has 0 saturated carbocycles. The highest BCUT2D eigenvalue weighted by molar-refractivity contribution is 4.52. The average Bonchev–Trinajstić information content (AvgIpc) is 2.79. The van der Waals surface area contributed by atoms with Crippen molar-refractivity contribution in [2.45, 2.75) is 175 Å². The lowest BCUT2D eigenvalue weighted by Crippen LogP contribution is -2.46. The Kier molecular flexibility index (Phi) is 29.9. The SMILES string of the molecule is CCCCCCCCCC[N+](C)(CCCCCCCCCC)CCCCCCCCCC.[OH-]. The molecule has 0 amide bonds. The maximum absolute atomic E-state index is 2.59. The van der Waals surface area contributed by atoms with Gasteiger partial charge in [-0.1, -0.05) is 136 Å². The van der Waals surface area contributed by atoms with Crippen LogP contribution in [-0.4, -0.2) is 36.6 Å². The van der Waals surface area contributed by atoms with Gasteiger partial charge in [0.05, 0.1) is 26.7 Å². The van der Waals surface area contributed by atoms with Crippen LogP contribution in [0.5, 0.6) is 0 Å². The van der Waals surface area contributed by atoms with Crippen LogP contribution >= 0.6 is 0 Å². The summed E-state index contributed by atoms with van der Waals surface area (Å²) < 4.78 is 1.36. The molecule has 0 aromatic heterocycles. The molecule has 0 fully saturated rings. The minimum absolute atomic E-state index is 0. The van der Waals surface area contributed by atoms with Gasteiger partial charge in [-0.3, -0.25) is 0 Å². The first kappa shape index (κ1) is 35.1. The smallest absolute Gasteiger partial charge is 0.0784 e. The van der Waals surface area contributed by atoms with Crippen molar-refractivity contribution in [1.29, 1.82) is 0 Å². The summed E-state index contributed by atoms with van der Waals surface area (Å²) in [7, 11) is 2.59.